The number of hydrogen-bond donors (Lipinski definition) is 2. The first-order valence-corrected chi connectivity index (χ1v) is 9.56. The van der Waals surface area contributed by atoms with Crippen molar-refractivity contribution in [1.29, 1.82) is 0 Å². The standard InChI is InChI=1S/C15H23FN4O2S/c1-17-15-10-19-9-14(16)13(15)5-2-11-8-18-6-7-20(11)23(21,22)12-3-4-12/h9-12,17-18H,2-8H2,1H3. The Kier molecular flexibility index (Phi) is 4.84. The molecule has 1 unspecified atom stereocenters. The van der Waals surface area contributed by atoms with E-state index in [-0.39, 0.29) is 17.1 Å². The summed E-state index contributed by atoms with van der Waals surface area (Å²) in [6, 6.07) is -0.119. The Morgan fingerprint density at radius 2 is 2.22 bits per heavy atom. The molecule has 1 saturated carbocycles. The third kappa shape index (κ3) is 3.49. The molecule has 8 heteroatoms. The molecular weight excluding hydrogens is 319 g/mol. The average Bonchev–Trinajstić information content (AvgIpc) is 3.39. The molecule has 1 saturated heterocycles. The maximum Gasteiger partial charge on any atom is 0.217 e. The van der Waals surface area contributed by atoms with Crippen LogP contribution in [0.3, 0.4) is 0 Å². The van der Waals surface area contributed by atoms with Gasteiger partial charge in [-0.3, -0.25) is 4.98 Å². The molecule has 0 bridgehead atoms. The molecule has 1 aromatic heterocycles. The van der Waals surface area contributed by atoms with Crippen LogP contribution in [0.15, 0.2) is 12.4 Å². The van der Waals surface area contributed by atoms with E-state index >= 15 is 0 Å². The van der Waals surface area contributed by atoms with Crippen molar-refractivity contribution in [2.75, 3.05) is 32.0 Å². The number of nitrogens with zero attached hydrogens (tertiary/aromatic N) is 2. The number of pyridine rings is 1. The number of aromatic nitrogens is 1. The van der Waals surface area contributed by atoms with Gasteiger partial charge >= 0.3 is 0 Å². The fourth-order valence-corrected chi connectivity index (χ4v) is 5.18. The van der Waals surface area contributed by atoms with Gasteiger partial charge in [0.25, 0.3) is 0 Å². The van der Waals surface area contributed by atoms with Crippen molar-refractivity contribution in [2.45, 2.75) is 37.0 Å². The second-order valence-electron chi connectivity index (χ2n) is 6.15. The summed E-state index contributed by atoms with van der Waals surface area (Å²) in [5.74, 6) is -0.350. The van der Waals surface area contributed by atoms with E-state index < -0.39 is 10.0 Å². The number of piperazine rings is 1. The molecule has 1 aliphatic heterocycles. The predicted molar refractivity (Wildman–Crippen MR) is 87.4 cm³/mol. The number of nitrogens with one attached hydrogen (secondary N) is 2. The molecule has 128 valence electrons. The van der Waals surface area contributed by atoms with Crippen molar-refractivity contribution in [3.8, 4) is 0 Å². The zero-order chi connectivity index (χ0) is 16.4. The van der Waals surface area contributed by atoms with Crippen LogP contribution < -0.4 is 10.6 Å². The van der Waals surface area contributed by atoms with Crippen LogP contribution in [-0.4, -0.2) is 55.7 Å². The lowest BCUT2D eigenvalue weighted by molar-refractivity contribution is 0.255. The lowest BCUT2D eigenvalue weighted by atomic mass is 10.0. The third-order valence-corrected chi connectivity index (χ3v) is 7.02. The average molecular weight is 342 g/mol. The van der Waals surface area contributed by atoms with E-state index in [1.54, 1.807) is 17.5 Å². The summed E-state index contributed by atoms with van der Waals surface area (Å²) in [6.07, 6.45) is 5.40. The molecule has 0 radical (unpaired) electrons. The van der Waals surface area contributed by atoms with Crippen LogP contribution in [0, 0.1) is 5.82 Å². The van der Waals surface area contributed by atoms with Gasteiger partial charge in [0.2, 0.25) is 10.0 Å². The fourth-order valence-electron chi connectivity index (χ4n) is 3.12. The topological polar surface area (TPSA) is 74.3 Å². The molecule has 2 heterocycles. The van der Waals surface area contributed by atoms with E-state index in [9.17, 15) is 12.8 Å². The van der Waals surface area contributed by atoms with Crippen molar-refractivity contribution in [3.05, 3.63) is 23.8 Å². The van der Waals surface area contributed by atoms with Gasteiger partial charge in [-0.15, -0.1) is 0 Å². The minimum Gasteiger partial charge on any atom is -0.387 e. The molecule has 1 aliphatic carbocycles. The highest BCUT2D eigenvalue weighted by atomic mass is 32.2. The minimum atomic E-state index is -3.20. The maximum absolute atomic E-state index is 14.0. The van der Waals surface area contributed by atoms with Crippen molar-refractivity contribution >= 4 is 15.7 Å². The number of sulfonamides is 1. The summed E-state index contributed by atoms with van der Waals surface area (Å²) >= 11 is 0. The maximum atomic E-state index is 14.0. The van der Waals surface area contributed by atoms with Gasteiger partial charge in [-0.1, -0.05) is 0 Å². The van der Waals surface area contributed by atoms with Crippen molar-refractivity contribution in [2.24, 2.45) is 0 Å². The highest BCUT2D eigenvalue weighted by Gasteiger charge is 2.43. The molecule has 1 aromatic rings. The Balaban J connectivity index is 1.73. The summed E-state index contributed by atoms with van der Waals surface area (Å²) < 4.78 is 40.8. The molecule has 2 fully saturated rings. The van der Waals surface area contributed by atoms with Crippen LogP contribution in [0.2, 0.25) is 0 Å². The Labute approximate surface area is 136 Å². The van der Waals surface area contributed by atoms with Crippen molar-refractivity contribution in [1.82, 2.24) is 14.6 Å². The largest absolute Gasteiger partial charge is 0.387 e. The first-order chi connectivity index (χ1) is 11.0. The van der Waals surface area contributed by atoms with Gasteiger partial charge in [-0.2, -0.15) is 4.31 Å². The summed E-state index contributed by atoms with van der Waals surface area (Å²) in [5.41, 5.74) is 1.22. The van der Waals surface area contributed by atoms with Crippen LogP contribution in [0.1, 0.15) is 24.8 Å². The molecule has 6 nitrogen and oxygen atoms in total. The molecular formula is C15H23FN4O2S. The minimum absolute atomic E-state index is 0.119. The number of halogens is 1. The van der Waals surface area contributed by atoms with Crippen LogP contribution in [0.25, 0.3) is 0 Å². The first kappa shape index (κ1) is 16.6. The van der Waals surface area contributed by atoms with Crippen LogP contribution in [0.5, 0.6) is 0 Å². The van der Waals surface area contributed by atoms with Crippen molar-refractivity contribution < 1.29 is 12.8 Å². The van der Waals surface area contributed by atoms with E-state index in [2.05, 4.69) is 15.6 Å². The molecule has 23 heavy (non-hydrogen) atoms. The van der Waals surface area contributed by atoms with E-state index in [1.807, 2.05) is 0 Å². The van der Waals surface area contributed by atoms with Gasteiger partial charge in [-0.05, 0) is 25.7 Å². The van der Waals surface area contributed by atoms with E-state index in [0.29, 0.717) is 43.7 Å². The first-order valence-electron chi connectivity index (χ1n) is 8.05. The summed E-state index contributed by atoms with van der Waals surface area (Å²) in [5, 5.41) is 5.99. The lowest BCUT2D eigenvalue weighted by Crippen LogP contribution is -2.54. The Morgan fingerprint density at radius 3 is 2.91 bits per heavy atom. The van der Waals surface area contributed by atoms with Gasteiger partial charge in [0, 0.05) is 38.3 Å². The fraction of sp³-hybridized carbons (Fsp3) is 0.667. The zero-order valence-corrected chi connectivity index (χ0v) is 14.1. The number of rotatable bonds is 6. The van der Waals surface area contributed by atoms with Crippen molar-refractivity contribution in [3.63, 3.8) is 0 Å². The third-order valence-electron chi connectivity index (χ3n) is 4.57. The van der Waals surface area contributed by atoms with Gasteiger partial charge < -0.3 is 10.6 Å². The van der Waals surface area contributed by atoms with Gasteiger partial charge in [-0.25, -0.2) is 12.8 Å². The van der Waals surface area contributed by atoms with Crippen LogP contribution >= 0.6 is 0 Å². The quantitative estimate of drug-likeness (QED) is 0.806. The normalized spacial score (nSPS) is 23.0. The second kappa shape index (κ2) is 6.70. The Morgan fingerprint density at radius 1 is 1.43 bits per heavy atom. The Hall–Kier alpha value is -1.25. The number of hydrogen-bond acceptors (Lipinski definition) is 5. The summed E-state index contributed by atoms with van der Waals surface area (Å²) in [6.45, 7) is 1.79. The SMILES string of the molecule is CNc1cncc(F)c1CCC1CNCCN1S(=O)(=O)C1CC1. The van der Waals surface area contributed by atoms with Gasteiger partial charge in [0.05, 0.1) is 23.3 Å². The highest BCUT2D eigenvalue weighted by Crippen LogP contribution is 2.33. The molecule has 0 spiro atoms. The summed E-state index contributed by atoms with van der Waals surface area (Å²) in [7, 11) is -1.47. The molecule has 0 aromatic carbocycles. The summed E-state index contributed by atoms with van der Waals surface area (Å²) in [4.78, 5) is 3.84. The van der Waals surface area contributed by atoms with E-state index in [4.69, 9.17) is 0 Å². The molecule has 1 atom stereocenters. The zero-order valence-electron chi connectivity index (χ0n) is 13.3. The highest BCUT2D eigenvalue weighted by molar-refractivity contribution is 7.90. The monoisotopic (exact) mass is 342 g/mol. The van der Waals surface area contributed by atoms with E-state index in [0.717, 1.165) is 12.8 Å². The predicted octanol–water partition coefficient (Wildman–Crippen LogP) is 0.961. The van der Waals surface area contributed by atoms with Gasteiger partial charge in [0.1, 0.15) is 5.82 Å². The molecule has 2 N–H and O–H groups in total. The Bertz CT molecular complexity index is 663. The van der Waals surface area contributed by atoms with E-state index in [1.165, 1.54) is 6.20 Å². The van der Waals surface area contributed by atoms with Crippen LogP contribution in [0.4, 0.5) is 10.1 Å². The molecule has 0 amide bonds. The smallest absolute Gasteiger partial charge is 0.217 e. The van der Waals surface area contributed by atoms with Crippen LogP contribution in [-0.2, 0) is 16.4 Å². The molecule has 3 rings (SSSR count). The molecule has 2 aliphatic rings. The second-order valence-corrected chi connectivity index (χ2v) is 8.31. The number of anilines is 1. The lowest BCUT2D eigenvalue weighted by Gasteiger charge is -2.35. The van der Waals surface area contributed by atoms with Gasteiger partial charge in [0.15, 0.2) is 0 Å².